The summed E-state index contributed by atoms with van der Waals surface area (Å²) in [7, 11) is 0. The van der Waals surface area contributed by atoms with Gasteiger partial charge in [0.2, 0.25) is 0 Å². The number of rotatable bonds is 16. The molecule has 402 valence electrons. The van der Waals surface area contributed by atoms with E-state index in [1.807, 2.05) is 48.6 Å². The van der Waals surface area contributed by atoms with Gasteiger partial charge in [0.15, 0.2) is 0 Å². The third kappa shape index (κ3) is 11.2. The maximum Gasteiger partial charge on any atom is 0.335 e. The van der Waals surface area contributed by atoms with Crippen LogP contribution in [0.1, 0.15) is 85.9 Å². The van der Waals surface area contributed by atoms with E-state index < -0.39 is 23.9 Å². The van der Waals surface area contributed by atoms with E-state index in [-0.39, 0.29) is 22.3 Å². The normalized spacial score (nSPS) is 11.8. The molecule has 8 nitrogen and oxygen atoms in total. The lowest BCUT2D eigenvalue weighted by molar-refractivity contribution is 0.0686. The summed E-state index contributed by atoms with van der Waals surface area (Å²) >= 11 is 0. The Hall–Kier alpha value is -11.5. The molecule has 0 aliphatic heterocycles. The van der Waals surface area contributed by atoms with E-state index in [0.29, 0.717) is 0 Å². The minimum atomic E-state index is -0.966. The van der Waals surface area contributed by atoms with Crippen LogP contribution in [0, 0.1) is 0 Å². The van der Waals surface area contributed by atoms with Crippen LogP contribution in [0.3, 0.4) is 0 Å². The maximum absolute atomic E-state index is 11.5. The zero-order valence-corrected chi connectivity index (χ0v) is 45.0. The Balaban J connectivity index is 0.999. The molecule has 0 saturated carbocycles. The molecule has 0 fully saturated rings. The van der Waals surface area contributed by atoms with Gasteiger partial charge in [-0.05, 0) is 182 Å². The zero-order chi connectivity index (χ0) is 57.8. The molecule has 84 heavy (non-hydrogen) atoms. The lowest BCUT2D eigenvalue weighted by Gasteiger charge is -2.21. The number of hydrogen-bond acceptors (Lipinski definition) is 4. The van der Waals surface area contributed by atoms with Crippen molar-refractivity contribution in [2.45, 2.75) is 0 Å². The van der Waals surface area contributed by atoms with Crippen molar-refractivity contribution in [3.63, 3.8) is 0 Å². The van der Waals surface area contributed by atoms with Crippen molar-refractivity contribution < 1.29 is 39.6 Å². The minimum Gasteiger partial charge on any atom is -0.478 e. The van der Waals surface area contributed by atoms with Crippen molar-refractivity contribution >= 4 is 105 Å². The molecular weight excluding hydrogens is 1040 g/mol. The molecule has 0 aliphatic rings. The van der Waals surface area contributed by atoms with Gasteiger partial charge in [0.1, 0.15) is 0 Å². The third-order valence-electron chi connectivity index (χ3n) is 15.3. The maximum atomic E-state index is 11.5. The van der Waals surface area contributed by atoms with E-state index >= 15 is 0 Å². The number of aromatic carboxylic acids is 4. The largest absolute Gasteiger partial charge is 0.478 e. The molecular formula is C76H50O8. The molecule has 0 radical (unpaired) electrons. The highest BCUT2D eigenvalue weighted by Crippen LogP contribution is 2.49. The minimum absolute atomic E-state index is 0.235. The predicted molar refractivity (Wildman–Crippen MR) is 341 cm³/mol. The van der Waals surface area contributed by atoms with Crippen LogP contribution in [0.2, 0.25) is 0 Å². The Labute approximate surface area is 483 Å². The summed E-state index contributed by atoms with van der Waals surface area (Å²) in [4.78, 5) is 45.9. The topological polar surface area (TPSA) is 149 Å². The average molecular weight is 1090 g/mol. The number of carboxylic acids is 4. The molecule has 12 aromatic carbocycles. The first-order valence-electron chi connectivity index (χ1n) is 27.2. The van der Waals surface area contributed by atoms with Gasteiger partial charge >= 0.3 is 23.9 Å². The number of benzene rings is 12. The molecule has 12 rings (SSSR count). The average Bonchev–Trinajstić information content (AvgIpc) is 0.877. The second kappa shape index (κ2) is 22.9. The lowest BCUT2D eigenvalue weighted by atomic mass is 9.81. The summed E-state index contributed by atoms with van der Waals surface area (Å²) in [5, 5.41) is 44.3. The van der Waals surface area contributed by atoms with Crippen LogP contribution in [0.4, 0.5) is 0 Å². The number of carboxylic acid groups (broad SMARTS) is 4. The smallest absolute Gasteiger partial charge is 0.335 e. The molecule has 12 aromatic rings. The van der Waals surface area contributed by atoms with Crippen molar-refractivity contribution in [3.8, 4) is 44.5 Å². The van der Waals surface area contributed by atoms with E-state index in [9.17, 15) is 39.6 Å². The van der Waals surface area contributed by atoms with Crippen LogP contribution in [0.15, 0.2) is 231 Å². The Bertz CT molecular complexity index is 4020. The van der Waals surface area contributed by atoms with E-state index in [4.69, 9.17) is 0 Å². The number of hydrogen-bond donors (Lipinski definition) is 4. The van der Waals surface area contributed by atoms with Gasteiger partial charge in [0, 0.05) is 0 Å². The monoisotopic (exact) mass is 1090 g/mol. The van der Waals surface area contributed by atoms with Gasteiger partial charge in [0.05, 0.1) is 22.3 Å². The van der Waals surface area contributed by atoms with Crippen LogP contribution in [-0.2, 0) is 0 Å². The molecule has 0 aromatic heterocycles. The highest BCUT2D eigenvalue weighted by atomic mass is 16.4. The van der Waals surface area contributed by atoms with Gasteiger partial charge in [-0.25, -0.2) is 19.2 Å². The van der Waals surface area contributed by atoms with Crippen molar-refractivity contribution in [1.29, 1.82) is 0 Å². The summed E-state index contributed by atoms with van der Waals surface area (Å²) in [6, 6.07) is 74.8. The lowest BCUT2D eigenvalue weighted by Crippen LogP contribution is -1.95. The Kier molecular flexibility index (Phi) is 14.5. The summed E-state index contributed by atoms with van der Waals surface area (Å²) in [6.07, 6.45) is 16.0. The molecule has 0 spiro atoms. The van der Waals surface area contributed by atoms with Gasteiger partial charge in [0.25, 0.3) is 0 Å². The van der Waals surface area contributed by atoms with E-state index in [2.05, 4.69) is 133 Å². The Morgan fingerprint density at radius 3 is 0.524 bits per heavy atom. The fourth-order valence-corrected chi connectivity index (χ4v) is 10.8. The van der Waals surface area contributed by atoms with E-state index in [1.165, 1.54) is 0 Å². The highest BCUT2D eigenvalue weighted by Gasteiger charge is 2.21. The van der Waals surface area contributed by atoms with Crippen LogP contribution >= 0.6 is 0 Å². The Morgan fingerprint density at radius 2 is 0.369 bits per heavy atom. The molecule has 4 N–H and O–H groups in total. The van der Waals surface area contributed by atoms with Gasteiger partial charge in [-0.3, -0.25) is 0 Å². The molecule has 0 unspecified atom stereocenters. The van der Waals surface area contributed by atoms with E-state index in [0.717, 1.165) is 121 Å². The summed E-state index contributed by atoms with van der Waals surface area (Å²) in [5.41, 5.74) is 16.8. The van der Waals surface area contributed by atoms with Crippen molar-refractivity contribution in [2.75, 3.05) is 0 Å². The van der Waals surface area contributed by atoms with Crippen LogP contribution in [-0.4, -0.2) is 44.3 Å². The molecule has 0 aliphatic carbocycles. The van der Waals surface area contributed by atoms with Gasteiger partial charge < -0.3 is 20.4 Å². The van der Waals surface area contributed by atoms with Crippen LogP contribution in [0.25, 0.3) is 125 Å². The number of carbonyl (C=O) groups is 4. The second-order valence-electron chi connectivity index (χ2n) is 20.5. The fourth-order valence-electron chi connectivity index (χ4n) is 10.8. The SMILES string of the molecule is O=C(O)c1ccc(/C=C/c2ccc(-c3cc(-c4ccc(/C=C/c5ccc(C(=O)O)cc5)cc4)c4ccc5c(-c6ccc(/C=C/c7ccc(C(=O)O)cc7)cc6)cc(-c6ccc(/C=C/c7ccc(C(=O)O)cc7)cc6)c6ccc3c4c65)cc2)cc1. The molecule has 8 heteroatoms. The fraction of sp³-hybridized carbons (Fsp3) is 0. The van der Waals surface area contributed by atoms with Crippen molar-refractivity contribution in [1.82, 2.24) is 0 Å². The first kappa shape index (κ1) is 53.2. The highest BCUT2D eigenvalue weighted by molar-refractivity contribution is 6.32. The second-order valence-corrected chi connectivity index (χ2v) is 20.5. The summed E-state index contributed by atoms with van der Waals surface area (Å²) < 4.78 is 0. The van der Waals surface area contributed by atoms with Gasteiger partial charge in [-0.2, -0.15) is 0 Å². The summed E-state index contributed by atoms with van der Waals surface area (Å²) in [5.74, 6) is -3.86. The van der Waals surface area contributed by atoms with Gasteiger partial charge in [-0.1, -0.05) is 218 Å². The quantitative estimate of drug-likeness (QED) is 0.0552. The molecule has 0 saturated heterocycles. The first-order chi connectivity index (χ1) is 40.9. The molecule has 0 bridgehead atoms. The van der Waals surface area contributed by atoms with E-state index in [1.54, 1.807) is 97.1 Å². The first-order valence-corrected chi connectivity index (χ1v) is 27.2. The molecule has 0 amide bonds. The predicted octanol–water partition coefficient (Wildman–Crippen LogP) is 18.7. The van der Waals surface area contributed by atoms with Crippen LogP contribution in [0.5, 0.6) is 0 Å². The van der Waals surface area contributed by atoms with Gasteiger partial charge in [-0.15, -0.1) is 0 Å². The molecule has 0 heterocycles. The van der Waals surface area contributed by atoms with Crippen LogP contribution < -0.4 is 0 Å². The van der Waals surface area contributed by atoms with Crippen molar-refractivity contribution in [3.05, 3.63) is 297 Å². The molecule has 0 atom stereocenters. The van der Waals surface area contributed by atoms with Crippen molar-refractivity contribution in [2.24, 2.45) is 0 Å². The summed E-state index contributed by atoms with van der Waals surface area (Å²) in [6.45, 7) is 0. The Morgan fingerprint density at radius 1 is 0.214 bits per heavy atom. The zero-order valence-electron chi connectivity index (χ0n) is 45.0. The standard InChI is InChI=1S/C76H50O8/c77-73(78)59-33-17-51(18-34-59)5-1-47-9-25-55(26-10-47)67-45-68(56-27-11-48(12-28-56)2-6-52-19-35-60(36-20-52)74(79)80)64-43-44-66-70(58-31-15-50(16-32-58)4-8-54-23-39-62(40-24-54)76(83)84)46-69(65-42-41-63(67)71(64)72(65)66)57-29-13-49(14-30-57)3-7-53-21-37-61(38-22-53)75(81)82/h1-46H,(H,77,78)(H,79,80)(H,81,82)(H,83,84)/b5-1+,6-2+,7-3+,8-4+. The third-order valence-corrected chi connectivity index (χ3v) is 15.3.